The molecule has 14 heteroatoms. The van der Waals surface area contributed by atoms with Crippen molar-refractivity contribution in [2.24, 2.45) is 0 Å². The van der Waals surface area contributed by atoms with Crippen LogP contribution in [0.4, 0.5) is 10.2 Å². The van der Waals surface area contributed by atoms with Crippen LogP contribution in [-0.4, -0.2) is 57.3 Å². The summed E-state index contributed by atoms with van der Waals surface area (Å²) in [6, 6.07) is 8.20. The summed E-state index contributed by atoms with van der Waals surface area (Å²) in [5, 5.41) is 13.1. The van der Waals surface area contributed by atoms with Crippen molar-refractivity contribution in [1.82, 2.24) is 14.6 Å². The molecule has 1 aromatic carbocycles. The lowest BCUT2D eigenvalue weighted by atomic mass is 9.98. The molecule has 0 amide bonds. The maximum atomic E-state index is 15.5. The van der Waals surface area contributed by atoms with Gasteiger partial charge in [0.2, 0.25) is 0 Å². The van der Waals surface area contributed by atoms with Gasteiger partial charge in [0.05, 0.1) is 12.7 Å². The number of halogens is 1. The fourth-order valence-corrected chi connectivity index (χ4v) is 4.96. The van der Waals surface area contributed by atoms with Crippen molar-refractivity contribution < 1.29 is 37.4 Å². The van der Waals surface area contributed by atoms with Crippen molar-refractivity contribution in [3.05, 3.63) is 53.1 Å². The van der Waals surface area contributed by atoms with Gasteiger partial charge in [-0.25, -0.2) is 13.8 Å². The predicted octanol–water partition coefficient (Wildman–Crippen LogP) is 1.95. The number of esters is 1. The third-order valence-electron chi connectivity index (χ3n) is 5.26. The van der Waals surface area contributed by atoms with Gasteiger partial charge in [-0.2, -0.15) is 10.1 Å². The van der Waals surface area contributed by atoms with Gasteiger partial charge >= 0.3 is 19.4 Å². The minimum atomic E-state index is -4.29. The van der Waals surface area contributed by atoms with Gasteiger partial charge in [0.15, 0.2) is 11.9 Å². The smallest absolute Gasteiger partial charge is 0.459 e. The van der Waals surface area contributed by atoms with Crippen molar-refractivity contribution >= 4 is 19.5 Å². The molecule has 0 radical (unpaired) electrons. The van der Waals surface area contributed by atoms with Crippen LogP contribution in [0.1, 0.15) is 33.9 Å². The fraction of sp³-hybridized carbons (Fsp3) is 0.500. The first-order valence-corrected chi connectivity index (χ1v) is 12.7. The van der Waals surface area contributed by atoms with Crippen LogP contribution in [0.15, 0.2) is 47.4 Å². The van der Waals surface area contributed by atoms with Crippen LogP contribution in [0.3, 0.4) is 0 Å². The van der Waals surface area contributed by atoms with E-state index in [1.807, 2.05) is 0 Å². The lowest BCUT2D eigenvalue weighted by Gasteiger charge is -2.25. The zero-order chi connectivity index (χ0) is 26.7. The first kappa shape index (κ1) is 27.8. The highest BCUT2D eigenvalue weighted by atomic mass is 31.2. The molecule has 1 aliphatic heterocycles. The van der Waals surface area contributed by atoms with E-state index < -0.39 is 62.3 Å². The molecule has 4 N–H and O–H groups in total. The number of aromatic nitrogens is 2. The average Bonchev–Trinajstić information content (AvgIpc) is 3.01. The number of hydrogen-bond donors (Lipinski definition) is 3. The number of rotatable bonds is 10. The fourth-order valence-electron chi connectivity index (χ4n) is 3.46. The highest BCUT2D eigenvalue weighted by molar-refractivity contribution is 7.52. The second kappa shape index (κ2) is 11.1. The highest BCUT2D eigenvalue weighted by Gasteiger charge is 2.56. The van der Waals surface area contributed by atoms with Crippen LogP contribution in [-0.2, 0) is 23.4 Å². The summed E-state index contributed by atoms with van der Waals surface area (Å²) in [6.07, 6.45) is -3.92. The zero-order valence-corrected chi connectivity index (χ0v) is 21.1. The monoisotopic (exact) mass is 528 g/mol. The Labute approximate surface area is 207 Å². The summed E-state index contributed by atoms with van der Waals surface area (Å²) in [7, 11) is -4.29. The number of benzene rings is 1. The second-order valence-corrected chi connectivity index (χ2v) is 10.4. The van der Waals surface area contributed by atoms with E-state index in [9.17, 15) is 19.3 Å². The van der Waals surface area contributed by atoms with Gasteiger partial charge in [-0.1, -0.05) is 18.2 Å². The molecular formula is C22H30FN4O8P. The van der Waals surface area contributed by atoms with Gasteiger partial charge in [0.25, 0.3) is 0 Å². The van der Waals surface area contributed by atoms with E-state index in [1.165, 1.54) is 31.3 Å². The standard InChI is InChI=1S/C22H30FN4O8P/c1-13(2)33-19(29)14(3)26-36(31,35-15-8-6-5-7-9-15)32-12-16-18(28)22(4,23)20(34-16)27-11-10-17(24)25-21(27)30/h5-11,13-14,16,18,20,28H,12H2,1-4H3,(H,26,31)(H2,24,25,30)/t14-,16?,18+,20?,22+,36?/m0/s1. The molecule has 0 spiro atoms. The van der Waals surface area contributed by atoms with Crippen LogP contribution >= 0.6 is 7.75 Å². The van der Waals surface area contributed by atoms with Gasteiger partial charge in [-0.3, -0.25) is 13.9 Å². The number of nitrogens with two attached hydrogens (primary N) is 1. The number of para-hydroxylation sites is 1. The molecule has 1 fully saturated rings. The topological polar surface area (TPSA) is 164 Å². The van der Waals surface area contributed by atoms with Crippen LogP contribution in [0.2, 0.25) is 0 Å². The van der Waals surface area contributed by atoms with E-state index in [0.717, 1.165) is 11.5 Å². The molecule has 12 nitrogen and oxygen atoms in total. The molecule has 0 bridgehead atoms. The molecule has 0 saturated carbocycles. The predicted molar refractivity (Wildman–Crippen MR) is 127 cm³/mol. The van der Waals surface area contributed by atoms with E-state index in [2.05, 4.69) is 10.1 Å². The maximum Gasteiger partial charge on any atom is 0.459 e. The van der Waals surface area contributed by atoms with Crippen LogP contribution in [0.25, 0.3) is 0 Å². The van der Waals surface area contributed by atoms with Crippen molar-refractivity contribution in [3.63, 3.8) is 0 Å². The van der Waals surface area contributed by atoms with Crippen molar-refractivity contribution in [2.45, 2.75) is 63.9 Å². The second-order valence-electron chi connectivity index (χ2n) is 8.70. The minimum Gasteiger partial charge on any atom is -0.462 e. The lowest BCUT2D eigenvalue weighted by Crippen LogP contribution is -2.43. The van der Waals surface area contributed by atoms with E-state index in [-0.39, 0.29) is 11.6 Å². The largest absolute Gasteiger partial charge is 0.462 e. The summed E-state index contributed by atoms with van der Waals surface area (Å²) < 4.78 is 51.6. The van der Waals surface area contributed by atoms with Crippen molar-refractivity contribution in [3.8, 4) is 5.75 Å². The zero-order valence-electron chi connectivity index (χ0n) is 20.2. The number of carbonyl (C=O) groups excluding carboxylic acids is 1. The SMILES string of the molecule is CC(C)OC(=O)[C@H](C)NP(=O)(OCC1OC(n2ccc(N)nc2=O)[C@](C)(F)[C@@H]1O)Oc1ccccc1. The van der Waals surface area contributed by atoms with Crippen LogP contribution < -0.4 is 21.0 Å². The number of nitrogens with one attached hydrogen (secondary N) is 1. The molecule has 3 unspecified atom stereocenters. The Morgan fingerprint density at radius 2 is 2.00 bits per heavy atom. The molecule has 1 saturated heterocycles. The van der Waals surface area contributed by atoms with Gasteiger partial charge in [-0.05, 0) is 45.9 Å². The first-order chi connectivity index (χ1) is 16.8. The van der Waals surface area contributed by atoms with E-state index in [4.69, 9.17) is 24.3 Å². The third kappa shape index (κ3) is 6.48. The molecule has 198 valence electrons. The normalized spacial score (nSPS) is 26.4. The molecule has 6 atom stereocenters. The molecule has 3 rings (SSSR count). The number of aliphatic hydroxyl groups excluding tert-OH is 1. The summed E-state index contributed by atoms with van der Waals surface area (Å²) >= 11 is 0. The number of nitrogens with zero attached hydrogens (tertiary/aromatic N) is 2. The highest BCUT2D eigenvalue weighted by Crippen LogP contribution is 2.47. The molecule has 36 heavy (non-hydrogen) atoms. The van der Waals surface area contributed by atoms with E-state index >= 15 is 4.39 Å². The Bertz CT molecular complexity index is 1160. The molecule has 2 aromatic rings. The lowest BCUT2D eigenvalue weighted by molar-refractivity contribution is -0.149. The minimum absolute atomic E-state index is 0.0644. The molecule has 0 aliphatic carbocycles. The van der Waals surface area contributed by atoms with Gasteiger partial charge in [0, 0.05) is 6.20 Å². The number of aliphatic hydroxyl groups is 1. The molecular weight excluding hydrogens is 498 g/mol. The summed E-state index contributed by atoms with van der Waals surface area (Å²) in [6.45, 7) is 5.16. The van der Waals surface area contributed by atoms with Crippen molar-refractivity contribution in [1.29, 1.82) is 0 Å². The number of anilines is 1. The molecule has 1 aromatic heterocycles. The number of nitrogen functional groups attached to an aromatic ring is 1. The first-order valence-electron chi connectivity index (χ1n) is 11.2. The Balaban J connectivity index is 1.79. The van der Waals surface area contributed by atoms with Gasteiger partial charge in [0.1, 0.15) is 29.8 Å². The van der Waals surface area contributed by atoms with E-state index in [1.54, 1.807) is 32.0 Å². The van der Waals surface area contributed by atoms with E-state index in [0.29, 0.717) is 0 Å². The number of alkyl halides is 1. The number of ether oxygens (including phenoxy) is 2. The maximum absolute atomic E-state index is 15.5. The third-order valence-corrected chi connectivity index (χ3v) is 6.90. The van der Waals surface area contributed by atoms with Crippen molar-refractivity contribution in [2.75, 3.05) is 12.3 Å². The van der Waals surface area contributed by atoms with Gasteiger partial charge in [-0.15, -0.1) is 0 Å². The molecule has 2 heterocycles. The van der Waals surface area contributed by atoms with Crippen LogP contribution in [0.5, 0.6) is 5.75 Å². The summed E-state index contributed by atoms with van der Waals surface area (Å²) in [5.41, 5.74) is 2.16. The van der Waals surface area contributed by atoms with Crippen LogP contribution in [0, 0.1) is 0 Å². The van der Waals surface area contributed by atoms with Gasteiger partial charge < -0.3 is 24.8 Å². The quantitative estimate of drug-likeness (QED) is 0.305. The Hall–Kier alpha value is -2.83. The molecule has 1 aliphatic rings. The Morgan fingerprint density at radius 1 is 1.33 bits per heavy atom. The number of carbonyl (C=O) groups is 1. The average molecular weight is 528 g/mol. The Morgan fingerprint density at radius 3 is 2.61 bits per heavy atom. The summed E-state index contributed by atoms with van der Waals surface area (Å²) in [5.74, 6) is -0.599. The Kier molecular flexibility index (Phi) is 8.52. The summed E-state index contributed by atoms with van der Waals surface area (Å²) in [4.78, 5) is 28.0. The number of hydrogen-bond acceptors (Lipinski definition) is 10.